The maximum Gasteiger partial charge on any atom is 0.327 e. The Bertz CT molecular complexity index is 1260. The van der Waals surface area contributed by atoms with Gasteiger partial charge in [0.2, 0.25) is 0 Å². The second-order valence-electron chi connectivity index (χ2n) is 14.3. The maximum atomic E-state index is 13.3. The highest BCUT2D eigenvalue weighted by molar-refractivity contribution is 5.92. The first-order chi connectivity index (χ1) is 21.1. The van der Waals surface area contributed by atoms with E-state index in [1.54, 1.807) is 7.05 Å². The molecule has 1 unspecified atom stereocenters. The van der Waals surface area contributed by atoms with Gasteiger partial charge in [-0.05, 0) is 81.0 Å². The van der Waals surface area contributed by atoms with Crippen LogP contribution in [0.5, 0.6) is 0 Å². The first kappa shape index (κ1) is 36.6. The molecule has 3 rings (SSSR count). The van der Waals surface area contributed by atoms with Gasteiger partial charge >= 0.3 is 5.97 Å². The molecule has 0 saturated heterocycles. The number of benzene rings is 1. The van der Waals surface area contributed by atoms with E-state index in [4.69, 9.17) is 10.5 Å². The average Bonchev–Trinajstić information content (AvgIpc) is 3.31. The molecule has 45 heavy (non-hydrogen) atoms. The molecule has 9 heteroatoms. The van der Waals surface area contributed by atoms with Crippen molar-refractivity contribution in [1.29, 1.82) is 0 Å². The van der Waals surface area contributed by atoms with E-state index in [9.17, 15) is 14.7 Å². The fourth-order valence-electron chi connectivity index (χ4n) is 7.47. The summed E-state index contributed by atoms with van der Waals surface area (Å²) in [5, 5.41) is 20.6. The molecule has 2 fully saturated rings. The van der Waals surface area contributed by atoms with E-state index in [1.807, 2.05) is 39.8 Å². The zero-order valence-electron chi connectivity index (χ0n) is 28.8. The Kier molecular flexibility index (Phi) is 12.3. The number of Topliss-reactive ketones (excluding diaryl/α,β-unsaturated/α-hetero) is 1. The Balaban J connectivity index is 1.66. The van der Waals surface area contributed by atoms with E-state index in [0.29, 0.717) is 12.1 Å². The van der Waals surface area contributed by atoms with Crippen molar-refractivity contribution >= 4 is 17.4 Å². The average molecular weight is 624 g/mol. The lowest BCUT2D eigenvalue weighted by Gasteiger charge is -2.54. The van der Waals surface area contributed by atoms with Gasteiger partial charge in [-0.3, -0.25) is 19.5 Å². The second-order valence-corrected chi connectivity index (χ2v) is 14.3. The Morgan fingerprint density at radius 3 is 2.56 bits per heavy atom. The highest BCUT2D eigenvalue weighted by Gasteiger charge is 2.63. The molecule has 9 nitrogen and oxygen atoms in total. The summed E-state index contributed by atoms with van der Waals surface area (Å²) >= 11 is 0. The summed E-state index contributed by atoms with van der Waals surface area (Å²) in [5.41, 5.74) is 8.17. The Hall–Kier alpha value is -2.88. The lowest BCUT2D eigenvalue weighted by molar-refractivity contribution is -0.159. The van der Waals surface area contributed by atoms with Gasteiger partial charge in [0.25, 0.3) is 0 Å². The van der Waals surface area contributed by atoms with Crippen LogP contribution in [-0.4, -0.2) is 71.7 Å². The Labute approximate surface area is 270 Å². The number of aliphatic hydroxyl groups excluding tert-OH is 1. The first-order valence-corrected chi connectivity index (χ1v) is 16.5. The van der Waals surface area contributed by atoms with Crippen LogP contribution in [0, 0.1) is 22.7 Å². The second kappa shape index (κ2) is 15.1. The number of likely N-dealkylation sites (N-methyl/N-ethyl adjacent to an activating group) is 1. The molecule has 0 spiro atoms. The summed E-state index contributed by atoms with van der Waals surface area (Å²) in [6.07, 6.45) is 3.88. The van der Waals surface area contributed by atoms with Crippen molar-refractivity contribution in [3.63, 3.8) is 0 Å². The van der Waals surface area contributed by atoms with Gasteiger partial charge in [0.05, 0.1) is 23.9 Å². The number of ether oxygens (including phenoxy) is 1. The van der Waals surface area contributed by atoms with Crippen LogP contribution >= 0.6 is 0 Å². The van der Waals surface area contributed by atoms with Crippen LogP contribution in [0.25, 0.3) is 5.70 Å². The smallest absolute Gasteiger partial charge is 0.327 e. The fraction of sp³-hybridized carbons (Fsp3) is 0.667. The van der Waals surface area contributed by atoms with E-state index >= 15 is 0 Å². The zero-order chi connectivity index (χ0) is 33.6. The predicted molar refractivity (Wildman–Crippen MR) is 180 cm³/mol. The van der Waals surface area contributed by atoms with Gasteiger partial charge in [-0.25, -0.2) is 0 Å². The van der Waals surface area contributed by atoms with Gasteiger partial charge in [0, 0.05) is 31.0 Å². The summed E-state index contributed by atoms with van der Waals surface area (Å²) in [7, 11) is 1.66. The number of nitrogens with zero attached hydrogens (tertiary/aromatic N) is 4. The number of hydrogen-bond donors (Lipinski definition) is 2. The lowest BCUT2D eigenvalue weighted by atomic mass is 9.52. The minimum Gasteiger partial charge on any atom is -0.464 e. The van der Waals surface area contributed by atoms with Crippen molar-refractivity contribution in [1.82, 2.24) is 9.91 Å². The first-order valence-electron chi connectivity index (χ1n) is 16.5. The summed E-state index contributed by atoms with van der Waals surface area (Å²) in [6, 6.07) is 8.09. The molecule has 2 aliphatic carbocycles. The number of fused-ring (bicyclic) bond motifs is 1. The quantitative estimate of drug-likeness (QED) is 0.0977. The van der Waals surface area contributed by atoms with Gasteiger partial charge in [0.1, 0.15) is 6.54 Å². The highest BCUT2D eigenvalue weighted by atomic mass is 16.5. The molecule has 5 atom stereocenters. The van der Waals surface area contributed by atoms with Crippen molar-refractivity contribution in [3.05, 3.63) is 54.1 Å². The zero-order valence-corrected chi connectivity index (χ0v) is 28.8. The van der Waals surface area contributed by atoms with Crippen LogP contribution < -0.4 is 5.73 Å². The largest absolute Gasteiger partial charge is 0.464 e. The monoisotopic (exact) mass is 623 g/mol. The number of ketones is 1. The molecule has 0 amide bonds. The number of carbonyl (C=O) groups excluding carboxylic acids is 2. The molecule has 1 aromatic rings. The molecular weight excluding hydrogens is 566 g/mol. The number of aliphatic hydroxyl groups is 1. The van der Waals surface area contributed by atoms with Crippen molar-refractivity contribution in [2.24, 2.45) is 38.7 Å². The Morgan fingerprint density at radius 2 is 1.91 bits per heavy atom. The van der Waals surface area contributed by atoms with Gasteiger partial charge in [-0.2, -0.15) is 0 Å². The third-order valence-corrected chi connectivity index (χ3v) is 10.6. The molecule has 2 saturated carbocycles. The van der Waals surface area contributed by atoms with Crippen LogP contribution in [0.15, 0.2) is 53.3 Å². The molecule has 2 aliphatic rings. The standard InChI is InChI=1S/C36H57N5O4/c1-10-41(11-2)22-27-13-12-14-28(21-27)26(5)38-39-40(9)23-32(43)45-24-35(8)29(19-20-34(6,7)33(44)25(3)4)15-16-30-17-18-31(42)36(30,35)37/h12-14,21,29-30,33,44H,3,5,10-11,15-20,22-24,37H2,1-2,4,6-9H3/t29-,30?,33-,35+,36+/m0/s1. The van der Waals surface area contributed by atoms with Gasteiger partial charge in [0.15, 0.2) is 5.78 Å². The van der Waals surface area contributed by atoms with Crippen molar-refractivity contribution in [2.75, 3.05) is 33.3 Å². The van der Waals surface area contributed by atoms with Crippen LogP contribution in [0.4, 0.5) is 0 Å². The molecule has 0 heterocycles. The lowest BCUT2D eigenvalue weighted by Crippen LogP contribution is -2.67. The van der Waals surface area contributed by atoms with E-state index in [1.165, 1.54) is 10.6 Å². The number of hydrogen-bond acceptors (Lipinski definition) is 8. The van der Waals surface area contributed by atoms with Gasteiger partial charge in [-0.1, -0.05) is 76.8 Å². The molecule has 1 aromatic carbocycles. The molecule has 0 aromatic heterocycles. The molecular formula is C36H57N5O4. The molecule has 0 radical (unpaired) electrons. The maximum absolute atomic E-state index is 13.3. The molecule has 0 aliphatic heterocycles. The van der Waals surface area contributed by atoms with E-state index in [-0.39, 0.29) is 36.2 Å². The van der Waals surface area contributed by atoms with Crippen LogP contribution in [0.2, 0.25) is 0 Å². The third kappa shape index (κ3) is 8.29. The number of carbonyl (C=O) groups is 2. The number of nitrogens with two attached hydrogens (primary N) is 1. The summed E-state index contributed by atoms with van der Waals surface area (Å²) < 4.78 is 5.89. The number of rotatable bonds is 16. The Morgan fingerprint density at radius 1 is 1.22 bits per heavy atom. The van der Waals surface area contributed by atoms with Gasteiger partial charge < -0.3 is 15.6 Å². The third-order valence-electron chi connectivity index (χ3n) is 10.6. The molecule has 0 bridgehead atoms. The summed E-state index contributed by atoms with van der Waals surface area (Å²) in [6.45, 7) is 23.0. The highest BCUT2D eigenvalue weighted by Crippen LogP contribution is 2.56. The SMILES string of the molecule is C=C(N=NN(C)CC(=O)OC[C@]1(C)[C@H](CCC(C)(C)[C@@H](O)C(=C)C)CCC2CCC(=O)[C@]21N)c1cccc(CN(CC)CC)c1. The summed E-state index contributed by atoms with van der Waals surface area (Å²) in [5.74, 6) is -0.268. The number of esters is 1. The van der Waals surface area contributed by atoms with Crippen molar-refractivity contribution in [3.8, 4) is 0 Å². The minimum atomic E-state index is -1.05. The van der Waals surface area contributed by atoms with E-state index in [0.717, 1.165) is 62.9 Å². The van der Waals surface area contributed by atoms with Crippen LogP contribution in [-0.2, 0) is 20.9 Å². The van der Waals surface area contributed by atoms with Crippen molar-refractivity contribution in [2.45, 2.75) is 98.3 Å². The minimum absolute atomic E-state index is 0.0513. The fourth-order valence-corrected chi connectivity index (χ4v) is 7.47. The van der Waals surface area contributed by atoms with Crippen molar-refractivity contribution < 1.29 is 19.4 Å². The topological polar surface area (TPSA) is 121 Å². The molecule has 3 N–H and O–H groups in total. The van der Waals surface area contributed by atoms with E-state index < -0.39 is 23.0 Å². The molecule has 250 valence electrons. The van der Waals surface area contributed by atoms with Gasteiger partial charge in [-0.15, -0.1) is 5.11 Å². The predicted octanol–water partition coefficient (Wildman–Crippen LogP) is 6.18. The summed E-state index contributed by atoms with van der Waals surface area (Å²) in [4.78, 5) is 28.7. The van der Waals surface area contributed by atoms with Crippen LogP contribution in [0.3, 0.4) is 0 Å². The van der Waals surface area contributed by atoms with Crippen LogP contribution in [0.1, 0.15) is 91.2 Å². The van der Waals surface area contributed by atoms with E-state index in [2.05, 4.69) is 54.4 Å². The normalized spacial score (nSPS) is 25.8.